The second-order valence-electron chi connectivity index (χ2n) is 5.71. The van der Waals surface area contributed by atoms with Crippen LogP contribution in [0.15, 0.2) is 18.3 Å². The van der Waals surface area contributed by atoms with E-state index < -0.39 is 0 Å². The number of hydrogen-bond donors (Lipinski definition) is 2. The van der Waals surface area contributed by atoms with Gasteiger partial charge in [0.2, 0.25) is 0 Å². The molecule has 2 aromatic rings. The van der Waals surface area contributed by atoms with Gasteiger partial charge in [0.05, 0.1) is 12.2 Å². The van der Waals surface area contributed by atoms with Crippen LogP contribution in [0.5, 0.6) is 5.75 Å². The Bertz CT molecular complexity index is 645. The highest BCUT2D eigenvalue weighted by Crippen LogP contribution is 2.34. The third-order valence-electron chi connectivity index (χ3n) is 4.25. The number of nitrogens with zero attached hydrogens (tertiary/aromatic N) is 2. The Labute approximate surface area is 119 Å². The molecule has 1 unspecified atom stereocenters. The minimum absolute atomic E-state index is 0.315. The number of phenols is 1. The summed E-state index contributed by atoms with van der Waals surface area (Å²) in [6.45, 7) is 3.95. The van der Waals surface area contributed by atoms with Crippen molar-refractivity contribution in [1.29, 1.82) is 0 Å². The van der Waals surface area contributed by atoms with Crippen molar-refractivity contribution in [3.05, 3.63) is 40.7 Å². The first-order valence-corrected chi connectivity index (χ1v) is 7.14. The number of aromatic nitrogens is 2. The predicted molar refractivity (Wildman–Crippen MR) is 80.1 cm³/mol. The van der Waals surface area contributed by atoms with Crippen molar-refractivity contribution in [2.45, 2.75) is 39.2 Å². The number of anilines is 1. The van der Waals surface area contributed by atoms with E-state index in [4.69, 9.17) is 0 Å². The summed E-state index contributed by atoms with van der Waals surface area (Å²) in [7, 11) is 2.01. The summed E-state index contributed by atoms with van der Waals surface area (Å²) in [5, 5.41) is 17.8. The van der Waals surface area contributed by atoms with Gasteiger partial charge < -0.3 is 10.4 Å². The molecule has 20 heavy (non-hydrogen) atoms. The van der Waals surface area contributed by atoms with E-state index in [1.54, 1.807) is 0 Å². The Balaban J connectivity index is 1.91. The van der Waals surface area contributed by atoms with Crippen LogP contribution in [-0.2, 0) is 13.5 Å². The fraction of sp³-hybridized carbons (Fsp3) is 0.438. The van der Waals surface area contributed by atoms with Crippen molar-refractivity contribution < 1.29 is 5.11 Å². The molecule has 0 radical (unpaired) electrons. The molecule has 0 spiro atoms. The summed E-state index contributed by atoms with van der Waals surface area (Å²) < 4.78 is 1.98. The van der Waals surface area contributed by atoms with Gasteiger partial charge in [-0.1, -0.05) is 0 Å². The summed E-state index contributed by atoms with van der Waals surface area (Å²) >= 11 is 0. The molecule has 1 aliphatic carbocycles. The van der Waals surface area contributed by atoms with E-state index in [9.17, 15) is 5.11 Å². The van der Waals surface area contributed by atoms with Gasteiger partial charge in [-0.3, -0.25) is 4.68 Å². The van der Waals surface area contributed by atoms with Gasteiger partial charge in [0.25, 0.3) is 0 Å². The Morgan fingerprint density at radius 3 is 2.90 bits per heavy atom. The average molecular weight is 271 g/mol. The van der Waals surface area contributed by atoms with Crippen LogP contribution in [-0.4, -0.2) is 14.9 Å². The molecule has 1 aromatic heterocycles. The van der Waals surface area contributed by atoms with Crippen molar-refractivity contribution >= 4 is 5.69 Å². The molecule has 0 aliphatic heterocycles. The van der Waals surface area contributed by atoms with Gasteiger partial charge in [-0.15, -0.1) is 0 Å². The number of rotatable bonds is 2. The van der Waals surface area contributed by atoms with Gasteiger partial charge in [0.1, 0.15) is 5.75 Å². The highest BCUT2D eigenvalue weighted by molar-refractivity contribution is 5.58. The summed E-state index contributed by atoms with van der Waals surface area (Å²) in [5.74, 6) is 0.360. The highest BCUT2D eigenvalue weighted by Gasteiger charge is 2.23. The van der Waals surface area contributed by atoms with Gasteiger partial charge in [-0.2, -0.15) is 5.10 Å². The monoisotopic (exact) mass is 271 g/mol. The standard InChI is InChI=1S/C16H21N3O/c1-10-8-16(20)11(2)7-14(10)18-13-5-4-6-15-12(13)9-17-19(15)3/h7-9,13,18,20H,4-6H2,1-3H3. The van der Waals surface area contributed by atoms with Crippen LogP contribution in [0, 0.1) is 13.8 Å². The molecule has 0 saturated heterocycles. The third-order valence-corrected chi connectivity index (χ3v) is 4.25. The summed E-state index contributed by atoms with van der Waals surface area (Å²) in [4.78, 5) is 0. The van der Waals surface area contributed by atoms with Gasteiger partial charge in [0, 0.05) is 24.0 Å². The molecule has 0 saturated carbocycles. The molecule has 1 heterocycles. The number of aromatic hydroxyl groups is 1. The van der Waals surface area contributed by atoms with E-state index in [-0.39, 0.29) is 0 Å². The van der Waals surface area contributed by atoms with Crippen molar-refractivity contribution in [2.24, 2.45) is 7.05 Å². The molecule has 1 aliphatic rings. The number of nitrogens with one attached hydrogen (secondary N) is 1. The lowest BCUT2D eigenvalue weighted by atomic mass is 9.92. The zero-order valence-electron chi connectivity index (χ0n) is 12.3. The van der Waals surface area contributed by atoms with Gasteiger partial charge in [-0.05, 0) is 56.4 Å². The Morgan fingerprint density at radius 2 is 2.10 bits per heavy atom. The lowest BCUT2D eigenvalue weighted by Gasteiger charge is -2.26. The van der Waals surface area contributed by atoms with Crippen LogP contribution in [0.4, 0.5) is 5.69 Å². The number of hydrogen-bond acceptors (Lipinski definition) is 3. The molecule has 0 bridgehead atoms. The molecular formula is C16H21N3O. The average Bonchev–Trinajstić information content (AvgIpc) is 2.79. The van der Waals surface area contributed by atoms with E-state index in [1.807, 2.05) is 43.9 Å². The molecule has 2 N–H and O–H groups in total. The summed E-state index contributed by atoms with van der Waals surface area (Å²) in [6, 6.07) is 4.16. The number of phenolic OH excluding ortho intramolecular Hbond substituents is 1. The van der Waals surface area contributed by atoms with E-state index in [1.165, 1.54) is 17.7 Å². The van der Waals surface area contributed by atoms with Crippen molar-refractivity contribution in [2.75, 3.05) is 5.32 Å². The molecule has 4 nitrogen and oxygen atoms in total. The summed E-state index contributed by atoms with van der Waals surface area (Å²) in [5.41, 5.74) is 5.72. The maximum atomic E-state index is 9.75. The molecule has 0 amide bonds. The SMILES string of the molecule is Cc1cc(NC2CCCc3c2cnn3C)c(C)cc1O. The minimum atomic E-state index is 0.315. The lowest BCUT2D eigenvalue weighted by molar-refractivity contribution is 0.470. The van der Waals surface area contributed by atoms with E-state index in [0.717, 1.165) is 29.7 Å². The van der Waals surface area contributed by atoms with Gasteiger partial charge >= 0.3 is 0 Å². The number of aryl methyl sites for hydroxylation is 3. The van der Waals surface area contributed by atoms with Crippen LogP contribution in [0.3, 0.4) is 0 Å². The zero-order valence-corrected chi connectivity index (χ0v) is 12.3. The fourth-order valence-corrected chi connectivity index (χ4v) is 3.00. The third kappa shape index (κ3) is 2.15. The molecule has 3 rings (SSSR count). The predicted octanol–water partition coefficient (Wildman–Crippen LogP) is 3.23. The first-order chi connectivity index (χ1) is 9.56. The maximum absolute atomic E-state index is 9.75. The van der Waals surface area contributed by atoms with Gasteiger partial charge in [0.15, 0.2) is 0 Å². The molecule has 1 aromatic carbocycles. The second kappa shape index (κ2) is 4.85. The number of fused-ring (bicyclic) bond motifs is 1. The van der Waals surface area contributed by atoms with E-state index >= 15 is 0 Å². The van der Waals surface area contributed by atoms with Crippen LogP contribution in [0.25, 0.3) is 0 Å². The Hall–Kier alpha value is -1.97. The van der Waals surface area contributed by atoms with Crippen molar-refractivity contribution in [3.63, 3.8) is 0 Å². The maximum Gasteiger partial charge on any atom is 0.118 e. The molecular weight excluding hydrogens is 250 g/mol. The fourth-order valence-electron chi connectivity index (χ4n) is 3.00. The first-order valence-electron chi connectivity index (χ1n) is 7.14. The molecule has 0 fully saturated rings. The Kier molecular flexibility index (Phi) is 3.16. The van der Waals surface area contributed by atoms with E-state index in [0.29, 0.717) is 11.8 Å². The molecule has 4 heteroatoms. The number of benzene rings is 1. The highest BCUT2D eigenvalue weighted by atomic mass is 16.3. The molecule has 106 valence electrons. The van der Waals surface area contributed by atoms with E-state index in [2.05, 4.69) is 10.4 Å². The van der Waals surface area contributed by atoms with Crippen LogP contribution in [0.2, 0.25) is 0 Å². The van der Waals surface area contributed by atoms with Crippen LogP contribution >= 0.6 is 0 Å². The van der Waals surface area contributed by atoms with Crippen molar-refractivity contribution in [1.82, 2.24) is 9.78 Å². The Morgan fingerprint density at radius 1 is 1.30 bits per heavy atom. The minimum Gasteiger partial charge on any atom is -0.508 e. The summed E-state index contributed by atoms with van der Waals surface area (Å²) in [6.07, 6.45) is 5.39. The van der Waals surface area contributed by atoms with Crippen LogP contribution < -0.4 is 5.32 Å². The van der Waals surface area contributed by atoms with Crippen LogP contribution in [0.1, 0.15) is 41.3 Å². The normalized spacial score (nSPS) is 17.9. The second-order valence-corrected chi connectivity index (χ2v) is 5.71. The largest absolute Gasteiger partial charge is 0.508 e. The lowest BCUT2D eigenvalue weighted by Crippen LogP contribution is -2.18. The zero-order chi connectivity index (χ0) is 14.3. The molecule has 1 atom stereocenters. The van der Waals surface area contributed by atoms with Gasteiger partial charge in [-0.25, -0.2) is 0 Å². The van der Waals surface area contributed by atoms with Crippen molar-refractivity contribution in [3.8, 4) is 5.75 Å². The smallest absolute Gasteiger partial charge is 0.118 e. The quantitative estimate of drug-likeness (QED) is 0.824. The topological polar surface area (TPSA) is 50.1 Å². The first kappa shape index (κ1) is 13.0.